The van der Waals surface area contributed by atoms with Gasteiger partial charge >= 0.3 is 12.4 Å². The van der Waals surface area contributed by atoms with Gasteiger partial charge in [-0.05, 0) is 74.2 Å². The van der Waals surface area contributed by atoms with Gasteiger partial charge in [-0.15, -0.1) is 0 Å². The van der Waals surface area contributed by atoms with Crippen LogP contribution in [0.25, 0.3) is 10.9 Å². The van der Waals surface area contributed by atoms with E-state index in [1.807, 2.05) is 4.90 Å². The van der Waals surface area contributed by atoms with Gasteiger partial charge in [0.05, 0.1) is 40.4 Å². The third-order valence-electron chi connectivity index (χ3n) is 8.52. The second-order valence-electron chi connectivity index (χ2n) is 11.4. The van der Waals surface area contributed by atoms with Crippen LogP contribution < -0.4 is 0 Å². The average molecular weight is 624 g/mol. The minimum atomic E-state index is -4.73. The second kappa shape index (κ2) is 10.7. The van der Waals surface area contributed by atoms with Gasteiger partial charge in [-0.25, -0.2) is 4.98 Å². The van der Waals surface area contributed by atoms with Crippen molar-refractivity contribution in [2.24, 2.45) is 13.0 Å². The number of aliphatic hydroxyl groups is 1. The van der Waals surface area contributed by atoms with Crippen LogP contribution in [0.15, 0.2) is 49.1 Å². The van der Waals surface area contributed by atoms with E-state index in [1.54, 1.807) is 25.2 Å². The summed E-state index contributed by atoms with van der Waals surface area (Å²) in [5.74, 6) is -1.12. The Balaban J connectivity index is 1.45. The molecule has 43 heavy (non-hydrogen) atoms. The van der Waals surface area contributed by atoms with E-state index in [9.17, 15) is 31.4 Å². The van der Waals surface area contributed by atoms with Gasteiger partial charge in [0.2, 0.25) is 0 Å². The molecule has 1 aliphatic carbocycles. The summed E-state index contributed by atoms with van der Waals surface area (Å²) in [7, 11) is 1.62. The van der Waals surface area contributed by atoms with Gasteiger partial charge in [0.25, 0.3) is 0 Å². The number of benzene rings is 1. The molecule has 0 amide bonds. The van der Waals surface area contributed by atoms with Gasteiger partial charge in [0, 0.05) is 36.7 Å². The smallest absolute Gasteiger partial charge is 0.374 e. The summed E-state index contributed by atoms with van der Waals surface area (Å²) in [6, 6.07) is 7.02. The molecular formula is C30H28ClF6N5O. The van der Waals surface area contributed by atoms with E-state index in [-0.39, 0.29) is 48.7 Å². The van der Waals surface area contributed by atoms with Crippen molar-refractivity contribution in [1.29, 1.82) is 0 Å². The molecule has 1 saturated carbocycles. The molecule has 1 aromatic carbocycles. The first-order valence-corrected chi connectivity index (χ1v) is 14.3. The number of aryl methyl sites for hydroxylation is 1. The standard InChI is InChI=1S/C30H28ClF6N5O/c1-41-16-38-14-25(41)28(43,20-6-9-39-24(13-20)30(35,36)37)19-4-5-23-21(12-19)26(31)22(27(40-23)17-2-3-17)15-42-10-7-18(8-11-42)29(32,33)34/h4-6,9,12-14,16-18,43H,2-3,7-8,10-11,15H2,1H3. The first-order valence-electron chi connectivity index (χ1n) is 13.9. The molecule has 13 heteroatoms. The van der Waals surface area contributed by atoms with Crippen LogP contribution in [0.5, 0.6) is 0 Å². The highest BCUT2D eigenvalue weighted by Crippen LogP contribution is 2.46. The van der Waals surface area contributed by atoms with E-state index in [1.165, 1.54) is 23.2 Å². The normalized spacial score (nSPS) is 18.7. The number of likely N-dealkylation sites (tertiary alicyclic amines) is 1. The lowest BCUT2D eigenvalue weighted by molar-refractivity contribution is -0.185. The highest BCUT2D eigenvalue weighted by molar-refractivity contribution is 6.36. The second-order valence-corrected chi connectivity index (χ2v) is 11.8. The van der Waals surface area contributed by atoms with Crippen LogP contribution in [0.2, 0.25) is 5.02 Å². The molecule has 1 saturated heterocycles. The maximum Gasteiger partial charge on any atom is 0.433 e. The number of pyridine rings is 2. The van der Waals surface area contributed by atoms with Crippen molar-refractivity contribution in [2.75, 3.05) is 13.1 Å². The summed E-state index contributed by atoms with van der Waals surface area (Å²) in [5, 5.41) is 13.1. The number of piperidine rings is 1. The summed E-state index contributed by atoms with van der Waals surface area (Å²) < 4.78 is 82.1. The summed E-state index contributed by atoms with van der Waals surface area (Å²) in [6.45, 7) is 0.868. The van der Waals surface area contributed by atoms with E-state index < -0.39 is 29.6 Å². The third kappa shape index (κ3) is 5.60. The molecule has 0 radical (unpaired) electrons. The SMILES string of the molecule is Cn1cncc1C(O)(c1ccnc(C(F)(F)F)c1)c1ccc2nc(C3CC3)c(CN3CCC(C(F)(F)F)CC3)c(Cl)c2c1. The van der Waals surface area contributed by atoms with Crippen molar-refractivity contribution in [1.82, 2.24) is 24.4 Å². The van der Waals surface area contributed by atoms with E-state index in [0.29, 0.717) is 22.5 Å². The Morgan fingerprint density at radius 2 is 1.67 bits per heavy atom. The molecule has 1 unspecified atom stereocenters. The molecule has 0 bridgehead atoms. The predicted octanol–water partition coefficient (Wildman–Crippen LogP) is 6.97. The zero-order chi connectivity index (χ0) is 30.7. The third-order valence-corrected chi connectivity index (χ3v) is 8.95. The average Bonchev–Trinajstić information content (AvgIpc) is 3.72. The topological polar surface area (TPSA) is 67.1 Å². The molecule has 1 N–H and O–H groups in total. The number of imidazole rings is 1. The molecule has 6 nitrogen and oxygen atoms in total. The van der Waals surface area contributed by atoms with Crippen molar-refractivity contribution < 1.29 is 31.4 Å². The molecule has 3 aromatic heterocycles. The minimum Gasteiger partial charge on any atom is -0.374 e. The van der Waals surface area contributed by atoms with Crippen molar-refractivity contribution in [3.63, 3.8) is 0 Å². The minimum absolute atomic E-state index is 0.00855. The first kappa shape index (κ1) is 29.8. The van der Waals surface area contributed by atoms with Crippen LogP contribution in [-0.2, 0) is 25.4 Å². The molecule has 4 aromatic rings. The Morgan fingerprint density at radius 1 is 0.977 bits per heavy atom. The summed E-state index contributed by atoms with van der Waals surface area (Å²) in [4.78, 5) is 14.4. The predicted molar refractivity (Wildman–Crippen MR) is 147 cm³/mol. The number of halogens is 7. The lowest BCUT2D eigenvalue weighted by Crippen LogP contribution is -2.38. The zero-order valence-electron chi connectivity index (χ0n) is 23.1. The van der Waals surface area contributed by atoms with Gasteiger partial charge in [0.1, 0.15) is 5.69 Å². The number of fused-ring (bicyclic) bond motifs is 1. The van der Waals surface area contributed by atoms with Crippen molar-refractivity contribution >= 4 is 22.5 Å². The van der Waals surface area contributed by atoms with Gasteiger partial charge < -0.3 is 9.67 Å². The van der Waals surface area contributed by atoms with E-state index in [2.05, 4.69) is 9.97 Å². The van der Waals surface area contributed by atoms with Crippen LogP contribution in [0.4, 0.5) is 26.3 Å². The lowest BCUT2D eigenvalue weighted by Gasteiger charge is -2.33. The number of rotatable bonds is 6. The van der Waals surface area contributed by atoms with Crippen LogP contribution in [0.1, 0.15) is 65.4 Å². The highest BCUT2D eigenvalue weighted by Gasteiger charge is 2.42. The highest BCUT2D eigenvalue weighted by atomic mass is 35.5. The number of hydrogen-bond acceptors (Lipinski definition) is 5. The van der Waals surface area contributed by atoms with Crippen LogP contribution in [0, 0.1) is 5.92 Å². The van der Waals surface area contributed by atoms with Gasteiger partial charge in [0.15, 0.2) is 5.60 Å². The van der Waals surface area contributed by atoms with Gasteiger partial charge in [-0.2, -0.15) is 26.3 Å². The first-order chi connectivity index (χ1) is 20.3. The van der Waals surface area contributed by atoms with Crippen LogP contribution in [0.3, 0.4) is 0 Å². The Bertz CT molecular complexity index is 1660. The van der Waals surface area contributed by atoms with Crippen LogP contribution >= 0.6 is 11.6 Å². The van der Waals surface area contributed by atoms with E-state index >= 15 is 0 Å². The van der Waals surface area contributed by atoms with Crippen molar-refractivity contribution in [3.05, 3.63) is 87.8 Å². The summed E-state index contributed by atoms with van der Waals surface area (Å²) in [5.41, 5.74) is -0.740. The fourth-order valence-electron chi connectivity index (χ4n) is 5.97. The number of nitrogens with zero attached hydrogens (tertiary/aromatic N) is 5. The Labute approximate surface area is 248 Å². The fraction of sp³-hybridized carbons (Fsp3) is 0.433. The maximum atomic E-state index is 13.6. The molecule has 228 valence electrons. The Morgan fingerprint density at radius 3 is 2.28 bits per heavy atom. The number of hydrogen-bond donors (Lipinski definition) is 1. The van der Waals surface area contributed by atoms with Crippen molar-refractivity contribution in [2.45, 2.75) is 56.1 Å². The molecule has 2 aliphatic rings. The van der Waals surface area contributed by atoms with Gasteiger partial charge in [-0.3, -0.25) is 14.9 Å². The molecule has 4 heterocycles. The summed E-state index contributed by atoms with van der Waals surface area (Å²) >= 11 is 7.04. The lowest BCUT2D eigenvalue weighted by atomic mass is 9.83. The van der Waals surface area contributed by atoms with E-state index in [4.69, 9.17) is 16.6 Å². The zero-order valence-corrected chi connectivity index (χ0v) is 23.8. The Kier molecular flexibility index (Phi) is 7.45. The fourth-order valence-corrected chi connectivity index (χ4v) is 6.28. The number of alkyl halides is 6. The molecule has 2 fully saturated rings. The quantitative estimate of drug-likeness (QED) is 0.235. The Hall–Kier alpha value is -3.22. The molecule has 1 aliphatic heterocycles. The molecule has 0 spiro atoms. The van der Waals surface area contributed by atoms with Crippen LogP contribution in [-0.4, -0.2) is 48.8 Å². The molecular weight excluding hydrogens is 596 g/mol. The van der Waals surface area contributed by atoms with Crippen molar-refractivity contribution in [3.8, 4) is 0 Å². The molecule has 6 rings (SSSR count). The monoisotopic (exact) mass is 623 g/mol. The number of aromatic nitrogens is 4. The molecule has 1 atom stereocenters. The van der Waals surface area contributed by atoms with Gasteiger partial charge in [-0.1, -0.05) is 17.7 Å². The van der Waals surface area contributed by atoms with E-state index in [0.717, 1.165) is 36.4 Å². The largest absolute Gasteiger partial charge is 0.433 e. The maximum absolute atomic E-state index is 13.6. The summed E-state index contributed by atoms with van der Waals surface area (Å²) in [6.07, 6.45) is -3.26.